The van der Waals surface area contributed by atoms with Crippen LogP contribution in [-0.4, -0.2) is 7.05 Å². The Kier molecular flexibility index (Phi) is 7.45. The maximum atomic E-state index is 2.37. The Bertz CT molecular complexity index is 2180. The number of rotatable bonds is 6. The molecule has 0 N–H and O–H groups in total. The van der Waals surface area contributed by atoms with Crippen LogP contribution in [0.5, 0.6) is 0 Å². The third kappa shape index (κ3) is 5.51. The zero-order chi connectivity index (χ0) is 31.6. The van der Waals surface area contributed by atoms with E-state index in [0.29, 0.717) is 0 Å². The van der Waals surface area contributed by atoms with Gasteiger partial charge in [0.1, 0.15) is 0 Å². The minimum Gasteiger partial charge on any atom is -0.344 e. The predicted octanol–water partition coefficient (Wildman–Crippen LogP) is 12.4. The molecule has 0 bridgehead atoms. The van der Waals surface area contributed by atoms with Crippen LogP contribution in [0.2, 0.25) is 0 Å². The van der Waals surface area contributed by atoms with Gasteiger partial charge in [0.2, 0.25) is 0 Å². The molecule has 224 valence electrons. The lowest BCUT2D eigenvalue weighted by atomic mass is 9.95. The van der Waals surface area contributed by atoms with E-state index in [1.807, 2.05) is 0 Å². The number of anilines is 5. The maximum Gasteiger partial charge on any atom is 0.0534 e. The van der Waals surface area contributed by atoms with E-state index >= 15 is 0 Å². The molecule has 8 rings (SSSR count). The summed E-state index contributed by atoms with van der Waals surface area (Å²) in [6.45, 7) is 0. The largest absolute Gasteiger partial charge is 0.344 e. The molecule has 2 heteroatoms. The van der Waals surface area contributed by atoms with Gasteiger partial charge >= 0.3 is 0 Å². The fourth-order valence-corrected chi connectivity index (χ4v) is 6.57. The van der Waals surface area contributed by atoms with Gasteiger partial charge in [0.15, 0.2) is 0 Å². The number of hydrogen-bond acceptors (Lipinski definition) is 2. The van der Waals surface area contributed by atoms with Gasteiger partial charge in [-0.3, -0.25) is 0 Å². The summed E-state index contributed by atoms with van der Waals surface area (Å²) in [7, 11) is 2.15. The van der Waals surface area contributed by atoms with Gasteiger partial charge in [-0.2, -0.15) is 0 Å². The molecule has 0 saturated carbocycles. The second-order valence-corrected chi connectivity index (χ2v) is 11.9. The van der Waals surface area contributed by atoms with Crippen LogP contribution in [0.3, 0.4) is 0 Å². The highest BCUT2D eigenvalue weighted by atomic mass is 15.1. The molecule has 0 fully saturated rings. The lowest BCUT2D eigenvalue weighted by Gasteiger charge is -2.27. The van der Waals surface area contributed by atoms with E-state index in [1.54, 1.807) is 0 Å². The van der Waals surface area contributed by atoms with Crippen LogP contribution in [0.15, 0.2) is 176 Å². The molecule has 7 aromatic carbocycles. The second kappa shape index (κ2) is 12.3. The predicted molar refractivity (Wildman–Crippen MR) is 201 cm³/mol. The molecule has 0 aliphatic carbocycles. The molecule has 2 nitrogen and oxygen atoms in total. The molecule has 7 aromatic rings. The van der Waals surface area contributed by atoms with E-state index < -0.39 is 0 Å². The van der Waals surface area contributed by atoms with Crippen molar-refractivity contribution in [3.63, 3.8) is 0 Å². The molecular formula is C45H34N2. The van der Waals surface area contributed by atoms with Gasteiger partial charge in [0.25, 0.3) is 0 Å². The maximum absolute atomic E-state index is 2.37. The van der Waals surface area contributed by atoms with Gasteiger partial charge in [0, 0.05) is 29.7 Å². The Labute approximate surface area is 277 Å². The number of hydrogen-bond donors (Lipinski definition) is 0. The van der Waals surface area contributed by atoms with E-state index in [2.05, 4.69) is 205 Å². The topological polar surface area (TPSA) is 6.48 Å². The molecule has 0 unspecified atom stereocenters. The minimum absolute atomic E-state index is 1.14. The number of fused-ring (bicyclic) bond motifs is 2. The van der Waals surface area contributed by atoms with Crippen molar-refractivity contribution in [1.29, 1.82) is 0 Å². The van der Waals surface area contributed by atoms with Crippen molar-refractivity contribution in [2.75, 3.05) is 16.8 Å². The van der Waals surface area contributed by atoms with Crippen LogP contribution >= 0.6 is 0 Å². The van der Waals surface area contributed by atoms with Crippen LogP contribution in [0.1, 0.15) is 11.1 Å². The Morgan fingerprint density at radius 1 is 0.404 bits per heavy atom. The standard InChI is InChI=1S/C45H34N2/c1-46(40-27-23-34(24-28-40)33-13-5-2-6-14-33)45-30-26-38(32-42(45)35-15-7-3-8-16-35)37-25-29-44-39(31-37)22-21-36-17-11-12-20-43(36)47(44)41-18-9-4-10-19-41/h2-32H,1H3. The Hall–Kier alpha value is -6.12. The van der Waals surface area contributed by atoms with Crippen LogP contribution in [-0.2, 0) is 0 Å². The lowest BCUT2D eigenvalue weighted by molar-refractivity contribution is 1.21. The van der Waals surface area contributed by atoms with Crippen LogP contribution in [0, 0.1) is 0 Å². The van der Waals surface area contributed by atoms with E-state index in [1.165, 1.54) is 55.9 Å². The summed E-state index contributed by atoms with van der Waals surface area (Å²) >= 11 is 0. The number of benzene rings is 7. The monoisotopic (exact) mass is 602 g/mol. The average molecular weight is 603 g/mol. The molecule has 1 heterocycles. The van der Waals surface area contributed by atoms with Gasteiger partial charge in [-0.05, 0) is 93.5 Å². The van der Waals surface area contributed by atoms with Crippen molar-refractivity contribution in [1.82, 2.24) is 0 Å². The first-order valence-corrected chi connectivity index (χ1v) is 16.1. The summed E-state index contributed by atoms with van der Waals surface area (Å²) in [5, 5.41) is 0. The third-order valence-electron chi connectivity index (χ3n) is 9.04. The van der Waals surface area contributed by atoms with Gasteiger partial charge in [-0.15, -0.1) is 0 Å². The first-order valence-electron chi connectivity index (χ1n) is 16.1. The Balaban J connectivity index is 1.19. The highest BCUT2D eigenvalue weighted by Gasteiger charge is 2.20. The van der Waals surface area contributed by atoms with E-state index in [-0.39, 0.29) is 0 Å². The first-order chi connectivity index (χ1) is 23.2. The van der Waals surface area contributed by atoms with Gasteiger partial charge in [-0.25, -0.2) is 0 Å². The quantitative estimate of drug-likeness (QED) is 0.187. The van der Waals surface area contributed by atoms with Crippen LogP contribution < -0.4 is 9.80 Å². The smallest absolute Gasteiger partial charge is 0.0534 e. The van der Waals surface area contributed by atoms with E-state index in [0.717, 1.165) is 17.1 Å². The molecule has 47 heavy (non-hydrogen) atoms. The summed E-state index contributed by atoms with van der Waals surface area (Å²) in [6.07, 6.45) is 4.48. The minimum atomic E-state index is 1.14. The van der Waals surface area contributed by atoms with Crippen molar-refractivity contribution in [3.05, 3.63) is 187 Å². The summed E-state index contributed by atoms with van der Waals surface area (Å²) in [4.78, 5) is 4.65. The third-order valence-corrected chi connectivity index (χ3v) is 9.04. The molecule has 0 amide bonds. The summed E-state index contributed by atoms with van der Waals surface area (Å²) in [6, 6.07) is 63.0. The molecule has 0 aromatic heterocycles. The molecule has 0 atom stereocenters. The lowest BCUT2D eigenvalue weighted by Crippen LogP contribution is -2.11. The zero-order valence-electron chi connectivity index (χ0n) is 26.3. The molecule has 1 aliphatic heterocycles. The highest BCUT2D eigenvalue weighted by Crippen LogP contribution is 2.44. The van der Waals surface area contributed by atoms with Crippen molar-refractivity contribution in [2.45, 2.75) is 0 Å². The Morgan fingerprint density at radius 2 is 0.936 bits per heavy atom. The fourth-order valence-electron chi connectivity index (χ4n) is 6.57. The van der Waals surface area contributed by atoms with Crippen molar-refractivity contribution in [2.24, 2.45) is 0 Å². The molecule has 0 radical (unpaired) electrons. The summed E-state index contributed by atoms with van der Waals surface area (Å²) < 4.78 is 0. The molecule has 0 spiro atoms. The average Bonchev–Trinajstić information content (AvgIpc) is 3.32. The van der Waals surface area contributed by atoms with E-state index in [9.17, 15) is 0 Å². The van der Waals surface area contributed by atoms with Crippen LogP contribution in [0.25, 0.3) is 45.5 Å². The Morgan fingerprint density at radius 3 is 1.68 bits per heavy atom. The van der Waals surface area contributed by atoms with E-state index in [4.69, 9.17) is 0 Å². The molecule has 0 saturated heterocycles. The van der Waals surface area contributed by atoms with Crippen molar-refractivity contribution >= 4 is 40.6 Å². The van der Waals surface area contributed by atoms with Gasteiger partial charge < -0.3 is 9.80 Å². The highest BCUT2D eigenvalue weighted by molar-refractivity contribution is 5.95. The van der Waals surface area contributed by atoms with Crippen molar-refractivity contribution in [3.8, 4) is 33.4 Å². The molecule has 1 aliphatic rings. The number of nitrogens with zero attached hydrogens (tertiary/aromatic N) is 2. The normalized spacial score (nSPS) is 11.8. The number of para-hydroxylation sites is 2. The second-order valence-electron chi connectivity index (χ2n) is 11.9. The fraction of sp³-hybridized carbons (Fsp3) is 0.0222. The summed E-state index contributed by atoms with van der Waals surface area (Å²) in [5.74, 6) is 0. The van der Waals surface area contributed by atoms with Crippen molar-refractivity contribution < 1.29 is 0 Å². The van der Waals surface area contributed by atoms with Crippen LogP contribution in [0.4, 0.5) is 28.4 Å². The zero-order valence-corrected chi connectivity index (χ0v) is 26.3. The first kappa shape index (κ1) is 28.4. The molecular weight excluding hydrogens is 569 g/mol. The summed E-state index contributed by atoms with van der Waals surface area (Å²) in [5.41, 5.74) is 15.4. The van der Waals surface area contributed by atoms with Gasteiger partial charge in [-0.1, -0.05) is 133 Å². The SMILES string of the molecule is CN(c1ccc(-c2ccccc2)cc1)c1ccc(-c2ccc3c(c2)C=Cc2ccccc2N3c2ccccc2)cc1-c1ccccc1. The van der Waals surface area contributed by atoms with Gasteiger partial charge in [0.05, 0.1) is 11.4 Å².